The van der Waals surface area contributed by atoms with Crippen LogP contribution >= 0.6 is 0 Å². The molecule has 1 atom stereocenters. The highest BCUT2D eigenvalue weighted by Gasteiger charge is 2.36. The molecule has 1 aromatic heterocycles. The number of fused-ring (bicyclic) bond motifs is 1. The number of benzene rings is 2. The Labute approximate surface area is 175 Å². The van der Waals surface area contributed by atoms with Gasteiger partial charge in [-0.25, -0.2) is 4.68 Å². The average molecular weight is 404 g/mol. The van der Waals surface area contributed by atoms with Gasteiger partial charge < -0.3 is 15.4 Å². The van der Waals surface area contributed by atoms with Crippen LogP contribution in [0.2, 0.25) is 0 Å². The van der Waals surface area contributed by atoms with E-state index in [1.807, 2.05) is 62.4 Å². The molecule has 1 aliphatic heterocycles. The summed E-state index contributed by atoms with van der Waals surface area (Å²) in [6, 6.07) is 14.6. The first kappa shape index (κ1) is 19.7. The van der Waals surface area contributed by atoms with Gasteiger partial charge in [0.05, 0.1) is 19.2 Å². The van der Waals surface area contributed by atoms with Crippen LogP contribution in [0.25, 0.3) is 11.1 Å². The third-order valence-corrected chi connectivity index (χ3v) is 5.35. The molecule has 7 nitrogen and oxygen atoms in total. The molecule has 154 valence electrons. The largest absolute Gasteiger partial charge is 0.497 e. The van der Waals surface area contributed by atoms with Gasteiger partial charge in [-0.2, -0.15) is 5.10 Å². The summed E-state index contributed by atoms with van der Waals surface area (Å²) < 4.78 is 6.85. The second kappa shape index (κ2) is 8.02. The van der Waals surface area contributed by atoms with Crippen molar-refractivity contribution in [1.29, 1.82) is 0 Å². The molecule has 30 heavy (non-hydrogen) atoms. The molecule has 0 saturated carbocycles. The highest BCUT2D eigenvalue weighted by atomic mass is 16.5. The first-order valence-electron chi connectivity index (χ1n) is 9.94. The third-order valence-electron chi connectivity index (χ3n) is 5.35. The maximum atomic E-state index is 12.7. The Hall–Kier alpha value is -3.61. The summed E-state index contributed by atoms with van der Waals surface area (Å²) in [6.07, 6.45) is 0.828. The monoisotopic (exact) mass is 404 g/mol. The van der Waals surface area contributed by atoms with E-state index in [9.17, 15) is 9.59 Å². The summed E-state index contributed by atoms with van der Waals surface area (Å²) >= 11 is 0. The molecule has 0 radical (unpaired) electrons. The van der Waals surface area contributed by atoms with Crippen LogP contribution in [0.3, 0.4) is 0 Å². The average Bonchev–Trinajstić information content (AvgIpc) is 3.22. The predicted octanol–water partition coefficient (Wildman–Crippen LogP) is 3.95. The van der Waals surface area contributed by atoms with E-state index in [0.29, 0.717) is 5.82 Å². The highest BCUT2D eigenvalue weighted by Crippen LogP contribution is 2.38. The Bertz CT molecular complexity index is 1100. The molecule has 2 amide bonds. The summed E-state index contributed by atoms with van der Waals surface area (Å²) in [5, 5.41) is 10.4. The van der Waals surface area contributed by atoms with Gasteiger partial charge in [0, 0.05) is 11.3 Å². The van der Waals surface area contributed by atoms with E-state index >= 15 is 0 Å². The van der Waals surface area contributed by atoms with E-state index in [1.54, 1.807) is 11.8 Å². The lowest BCUT2D eigenvalue weighted by atomic mass is 10.1. The number of aromatic nitrogens is 2. The lowest BCUT2D eigenvalue weighted by molar-refractivity contribution is -0.123. The van der Waals surface area contributed by atoms with Crippen LogP contribution in [0.5, 0.6) is 5.75 Å². The molecule has 3 aromatic rings. The van der Waals surface area contributed by atoms with E-state index in [0.717, 1.165) is 40.2 Å². The summed E-state index contributed by atoms with van der Waals surface area (Å²) in [7, 11) is 1.62. The van der Waals surface area contributed by atoms with Crippen LogP contribution in [0.15, 0.2) is 48.5 Å². The van der Waals surface area contributed by atoms with Gasteiger partial charge in [-0.15, -0.1) is 0 Å². The van der Waals surface area contributed by atoms with Crippen molar-refractivity contribution in [3.63, 3.8) is 0 Å². The van der Waals surface area contributed by atoms with Gasteiger partial charge in [0.15, 0.2) is 0 Å². The molecule has 1 unspecified atom stereocenters. The van der Waals surface area contributed by atoms with Crippen LogP contribution in [0, 0.1) is 6.92 Å². The van der Waals surface area contributed by atoms with Gasteiger partial charge in [-0.05, 0) is 42.7 Å². The van der Waals surface area contributed by atoms with Crippen LogP contribution in [0.1, 0.15) is 30.6 Å². The van der Waals surface area contributed by atoms with Crippen LogP contribution in [0.4, 0.5) is 11.5 Å². The number of nitrogens with zero attached hydrogens (tertiary/aromatic N) is 2. The number of hydrogen-bond acceptors (Lipinski definition) is 4. The first-order valence-corrected chi connectivity index (χ1v) is 9.94. The van der Waals surface area contributed by atoms with Crippen molar-refractivity contribution in [3.8, 4) is 16.9 Å². The Morgan fingerprint density at radius 2 is 1.93 bits per heavy atom. The van der Waals surface area contributed by atoms with Crippen LogP contribution in [-0.2, 0) is 16.0 Å². The molecular formula is C23H24N4O3. The quantitative estimate of drug-likeness (QED) is 0.651. The fraction of sp³-hybridized carbons (Fsp3) is 0.261. The van der Waals surface area contributed by atoms with Crippen molar-refractivity contribution < 1.29 is 14.3 Å². The predicted molar refractivity (Wildman–Crippen MR) is 116 cm³/mol. The Kier molecular flexibility index (Phi) is 5.27. The minimum Gasteiger partial charge on any atom is -0.497 e. The van der Waals surface area contributed by atoms with Crippen molar-refractivity contribution in [3.05, 3.63) is 59.8 Å². The summed E-state index contributed by atoms with van der Waals surface area (Å²) in [5.41, 5.74) is 4.40. The van der Waals surface area contributed by atoms with Crippen molar-refractivity contribution in [1.82, 2.24) is 9.78 Å². The maximum absolute atomic E-state index is 12.7. The smallest absolute Gasteiger partial charge is 0.251 e. The number of anilines is 2. The van der Waals surface area contributed by atoms with Gasteiger partial charge in [0.1, 0.15) is 17.6 Å². The van der Waals surface area contributed by atoms with Gasteiger partial charge in [0.25, 0.3) is 5.91 Å². The molecule has 1 aliphatic rings. The summed E-state index contributed by atoms with van der Waals surface area (Å²) in [6.45, 7) is 3.93. The molecule has 7 heteroatoms. The van der Waals surface area contributed by atoms with Crippen molar-refractivity contribution >= 4 is 23.3 Å². The number of aryl methyl sites for hydroxylation is 2. The number of carbonyl (C=O) groups is 2. The fourth-order valence-electron chi connectivity index (χ4n) is 3.81. The van der Waals surface area contributed by atoms with Gasteiger partial charge in [-0.1, -0.05) is 37.3 Å². The zero-order valence-corrected chi connectivity index (χ0v) is 17.2. The maximum Gasteiger partial charge on any atom is 0.251 e. The lowest BCUT2D eigenvalue weighted by Gasteiger charge is -2.12. The van der Waals surface area contributed by atoms with E-state index in [1.165, 1.54) is 0 Å². The van der Waals surface area contributed by atoms with Crippen molar-refractivity contribution in [2.75, 3.05) is 17.7 Å². The van der Waals surface area contributed by atoms with E-state index in [4.69, 9.17) is 4.74 Å². The zero-order valence-electron chi connectivity index (χ0n) is 17.2. The van der Waals surface area contributed by atoms with E-state index in [2.05, 4.69) is 15.7 Å². The molecule has 0 saturated heterocycles. The molecule has 0 bridgehead atoms. The summed E-state index contributed by atoms with van der Waals surface area (Å²) in [4.78, 5) is 25.3. The Balaban J connectivity index is 1.57. The number of para-hydroxylation sites is 1. The van der Waals surface area contributed by atoms with Gasteiger partial charge in [0.2, 0.25) is 5.91 Å². The molecular weight excluding hydrogens is 380 g/mol. The zero-order chi connectivity index (χ0) is 21.3. The topological polar surface area (TPSA) is 85.2 Å². The standard InChI is InChI=1S/C23H24N4O3/c1-4-15-7-5-6-8-18(15)24-20(28)13-19-23(29)25-22-21(14(2)26-27(19)22)16-9-11-17(30-3)12-10-16/h5-12,19H,4,13H2,1-3H3,(H,24,28)(H,25,29). The second-order valence-electron chi connectivity index (χ2n) is 7.25. The Morgan fingerprint density at radius 3 is 2.63 bits per heavy atom. The van der Waals surface area contributed by atoms with Crippen LogP contribution < -0.4 is 15.4 Å². The molecule has 4 rings (SSSR count). The van der Waals surface area contributed by atoms with Crippen molar-refractivity contribution in [2.45, 2.75) is 32.7 Å². The van der Waals surface area contributed by atoms with Gasteiger partial charge >= 0.3 is 0 Å². The van der Waals surface area contributed by atoms with Gasteiger partial charge in [-0.3, -0.25) is 9.59 Å². The molecule has 2 N–H and O–H groups in total. The SMILES string of the molecule is CCc1ccccc1NC(=O)CC1C(=O)Nc2c(-c3ccc(OC)cc3)c(C)nn21. The number of carbonyl (C=O) groups excluding carboxylic acids is 2. The fourth-order valence-corrected chi connectivity index (χ4v) is 3.81. The molecule has 2 aromatic carbocycles. The second-order valence-corrected chi connectivity index (χ2v) is 7.25. The third kappa shape index (κ3) is 3.54. The molecule has 0 spiro atoms. The number of methoxy groups -OCH3 is 1. The number of ether oxygens (including phenoxy) is 1. The molecule has 2 heterocycles. The van der Waals surface area contributed by atoms with Crippen molar-refractivity contribution in [2.24, 2.45) is 0 Å². The number of amides is 2. The normalized spacial score (nSPS) is 14.9. The number of hydrogen-bond donors (Lipinski definition) is 2. The first-order chi connectivity index (χ1) is 14.5. The minimum atomic E-state index is -0.681. The minimum absolute atomic E-state index is 0.0139. The summed E-state index contributed by atoms with van der Waals surface area (Å²) in [5.74, 6) is 0.926. The van der Waals surface area contributed by atoms with E-state index in [-0.39, 0.29) is 18.2 Å². The highest BCUT2D eigenvalue weighted by molar-refractivity contribution is 6.04. The number of nitrogens with one attached hydrogen (secondary N) is 2. The van der Waals surface area contributed by atoms with Crippen LogP contribution in [-0.4, -0.2) is 28.7 Å². The molecule has 0 fully saturated rings. The Morgan fingerprint density at radius 1 is 1.20 bits per heavy atom. The molecule has 0 aliphatic carbocycles. The number of rotatable bonds is 6. The van der Waals surface area contributed by atoms with E-state index < -0.39 is 6.04 Å². The lowest BCUT2D eigenvalue weighted by Crippen LogP contribution is -2.24.